The molecule has 30 heavy (non-hydrogen) atoms. The van der Waals surface area contributed by atoms with E-state index in [2.05, 4.69) is 10.4 Å². The van der Waals surface area contributed by atoms with Gasteiger partial charge in [0, 0.05) is 49.4 Å². The van der Waals surface area contributed by atoms with Crippen LogP contribution in [-0.2, 0) is 21.9 Å². The van der Waals surface area contributed by atoms with Gasteiger partial charge in [0.2, 0.25) is 15.9 Å². The first kappa shape index (κ1) is 21.9. The van der Waals surface area contributed by atoms with Crippen LogP contribution in [0.5, 0.6) is 0 Å². The highest BCUT2D eigenvalue weighted by Crippen LogP contribution is 2.26. The third kappa shape index (κ3) is 4.36. The van der Waals surface area contributed by atoms with E-state index in [4.69, 9.17) is 0 Å². The number of amides is 1. The number of nitrogens with zero attached hydrogens (tertiary/aromatic N) is 4. The number of aryl methyl sites for hydroxylation is 1. The maximum atomic E-state index is 12.8. The van der Waals surface area contributed by atoms with Crippen LogP contribution in [0.25, 0.3) is 0 Å². The van der Waals surface area contributed by atoms with Crippen LogP contribution >= 0.6 is 0 Å². The van der Waals surface area contributed by atoms with E-state index in [1.165, 1.54) is 28.6 Å². The molecule has 11 heteroatoms. The Kier molecular flexibility index (Phi) is 6.22. The van der Waals surface area contributed by atoms with Gasteiger partial charge in [0.15, 0.2) is 0 Å². The summed E-state index contributed by atoms with van der Waals surface area (Å²) in [6, 6.07) is 4.64. The van der Waals surface area contributed by atoms with Crippen molar-refractivity contribution in [2.45, 2.75) is 37.6 Å². The Labute approximate surface area is 175 Å². The van der Waals surface area contributed by atoms with Crippen molar-refractivity contribution in [3.63, 3.8) is 0 Å². The molecule has 162 valence electrons. The van der Waals surface area contributed by atoms with Gasteiger partial charge in [-0.25, -0.2) is 8.42 Å². The van der Waals surface area contributed by atoms with Gasteiger partial charge in [0.05, 0.1) is 22.1 Å². The van der Waals surface area contributed by atoms with Crippen molar-refractivity contribution in [2.24, 2.45) is 13.0 Å². The average Bonchev–Trinajstić information content (AvgIpc) is 3.06. The van der Waals surface area contributed by atoms with E-state index in [0.717, 1.165) is 11.3 Å². The molecule has 1 saturated heterocycles. The Morgan fingerprint density at radius 2 is 1.87 bits per heavy atom. The quantitative estimate of drug-likeness (QED) is 0.545. The fourth-order valence-corrected chi connectivity index (χ4v) is 5.07. The Morgan fingerprint density at radius 1 is 1.27 bits per heavy atom. The molecule has 1 unspecified atom stereocenters. The Hall–Kier alpha value is -2.79. The smallest absolute Gasteiger partial charge is 0.269 e. The standard InChI is InChI=1S/C19H25N5O5S/c1-13(18-12-20-22(3)14(18)2)21-19(25)15-8-10-23(11-9-15)30(28,29)17-6-4-16(5-7-17)24(26)27/h4-7,12-13,15H,8-11H2,1-3H3,(H,21,25). The van der Waals surface area contributed by atoms with Crippen molar-refractivity contribution in [1.82, 2.24) is 19.4 Å². The minimum atomic E-state index is -3.75. The molecule has 1 amide bonds. The Bertz CT molecular complexity index is 1040. The van der Waals surface area contributed by atoms with Gasteiger partial charge in [0.1, 0.15) is 0 Å². The number of benzene rings is 1. The van der Waals surface area contributed by atoms with Crippen LogP contribution in [0.3, 0.4) is 0 Å². The fourth-order valence-electron chi connectivity index (χ4n) is 3.60. The number of hydrogen-bond acceptors (Lipinski definition) is 6. The van der Waals surface area contributed by atoms with Crippen molar-refractivity contribution in [3.05, 3.63) is 51.8 Å². The molecule has 0 bridgehead atoms. The third-order valence-corrected chi connectivity index (χ3v) is 7.52. The summed E-state index contributed by atoms with van der Waals surface area (Å²) < 4.78 is 28.7. The van der Waals surface area contributed by atoms with Crippen LogP contribution < -0.4 is 5.32 Å². The van der Waals surface area contributed by atoms with E-state index in [1.807, 2.05) is 20.9 Å². The zero-order valence-corrected chi connectivity index (χ0v) is 17.9. The van der Waals surface area contributed by atoms with Crippen molar-refractivity contribution in [1.29, 1.82) is 0 Å². The number of nitro benzene ring substituents is 1. The van der Waals surface area contributed by atoms with Crippen LogP contribution in [0.4, 0.5) is 5.69 Å². The number of nitrogens with one attached hydrogen (secondary N) is 1. The molecule has 1 atom stereocenters. The van der Waals surface area contributed by atoms with Gasteiger partial charge in [-0.15, -0.1) is 0 Å². The summed E-state index contributed by atoms with van der Waals surface area (Å²) >= 11 is 0. The molecule has 0 aliphatic carbocycles. The predicted molar refractivity (Wildman–Crippen MR) is 109 cm³/mol. The van der Waals surface area contributed by atoms with Gasteiger partial charge in [-0.2, -0.15) is 9.40 Å². The Morgan fingerprint density at radius 3 is 2.37 bits per heavy atom. The lowest BCUT2D eigenvalue weighted by Crippen LogP contribution is -2.43. The first-order valence-electron chi connectivity index (χ1n) is 9.64. The number of nitro groups is 1. The van der Waals surface area contributed by atoms with Crippen LogP contribution in [0.2, 0.25) is 0 Å². The number of non-ortho nitro benzene ring substituents is 1. The number of rotatable bonds is 6. The van der Waals surface area contributed by atoms with Crippen molar-refractivity contribution < 1.29 is 18.1 Å². The number of sulfonamides is 1. The normalized spacial score (nSPS) is 16.9. The van der Waals surface area contributed by atoms with E-state index in [-0.39, 0.29) is 41.5 Å². The van der Waals surface area contributed by atoms with Gasteiger partial charge >= 0.3 is 0 Å². The predicted octanol–water partition coefficient (Wildman–Crippen LogP) is 1.91. The molecule has 2 aromatic rings. The molecule has 1 aromatic heterocycles. The number of hydrogen-bond donors (Lipinski definition) is 1. The summed E-state index contributed by atoms with van der Waals surface area (Å²) in [4.78, 5) is 22.8. The topological polar surface area (TPSA) is 127 Å². The number of carbonyl (C=O) groups is 1. The van der Waals surface area contributed by atoms with Crippen LogP contribution in [0, 0.1) is 23.0 Å². The average molecular weight is 436 g/mol. The van der Waals surface area contributed by atoms with Crippen LogP contribution in [-0.4, -0.2) is 46.4 Å². The molecule has 1 aliphatic heterocycles. The monoisotopic (exact) mass is 435 g/mol. The highest BCUT2D eigenvalue weighted by molar-refractivity contribution is 7.89. The van der Waals surface area contributed by atoms with Gasteiger partial charge in [0.25, 0.3) is 5.69 Å². The molecule has 0 spiro atoms. The molecule has 0 saturated carbocycles. The second-order valence-corrected chi connectivity index (χ2v) is 9.41. The van der Waals surface area contributed by atoms with Crippen molar-refractivity contribution >= 4 is 21.6 Å². The van der Waals surface area contributed by atoms with Gasteiger partial charge in [-0.3, -0.25) is 19.6 Å². The molecule has 0 radical (unpaired) electrons. The van der Waals surface area contributed by atoms with E-state index >= 15 is 0 Å². The second-order valence-electron chi connectivity index (χ2n) is 7.47. The molecule has 2 heterocycles. The van der Waals surface area contributed by atoms with E-state index in [0.29, 0.717) is 12.8 Å². The minimum absolute atomic E-state index is 0.0108. The SMILES string of the molecule is Cc1c(C(C)NC(=O)C2CCN(S(=O)(=O)c3ccc([N+](=O)[O-])cc3)CC2)cnn1C. The van der Waals surface area contributed by atoms with Crippen LogP contribution in [0.15, 0.2) is 35.4 Å². The van der Waals surface area contributed by atoms with E-state index in [1.54, 1.807) is 10.9 Å². The number of piperidine rings is 1. The summed E-state index contributed by atoms with van der Waals surface area (Å²) in [6.45, 7) is 4.28. The fraction of sp³-hybridized carbons (Fsp3) is 0.474. The maximum absolute atomic E-state index is 12.8. The van der Waals surface area contributed by atoms with Crippen molar-refractivity contribution in [2.75, 3.05) is 13.1 Å². The molecule has 1 fully saturated rings. The third-order valence-electron chi connectivity index (χ3n) is 5.61. The summed E-state index contributed by atoms with van der Waals surface area (Å²) in [7, 11) is -1.91. The summed E-state index contributed by atoms with van der Waals surface area (Å²) in [5.41, 5.74) is 1.76. The molecular formula is C19H25N5O5S. The van der Waals surface area contributed by atoms with Gasteiger partial charge < -0.3 is 5.32 Å². The zero-order valence-electron chi connectivity index (χ0n) is 17.1. The highest BCUT2D eigenvalue weighted by Gasteiger charge is 2.33. The Balaban J connectivity index is 1.60. The summed E-state index contributed by atoms with van der Waals surface area (Å²) in [5, 5.41) is 17.9. The number of aromatic nitrogens is 2. The zero-order chi connectivity index (χ0) is 22.1. The first-order chi connectivity index (χ1) is 14.1. The van der Waals surface area contributed by atoms with Crippen molar-refractivity contribution in [3.8, 4) is 0 Å². The molecule has 10 nitrogen and oxygen atoms in total. The molecule has 1 aromatic carbocycles. The molecular weight excluding hydrogens is 410 g/mol. The number of carbonyl (C=O) groups excluding carboxylic acids is 1. The summed E-state index contributed by atoms with van der Waals surface area (Å²) in [5.74, 6) is -0.370. The van der Waals surface area contributed by atoms with E-state index in [9.17, 15) is 23.3 Å². The van der Waals surface area contributed by atoms with E-state index < -0.39 is 14.9 Å². The first-order valence-corrected chi connectivity index (χ1v) is 11.1. The maximum Gasteiger partial charge on any atom is 0.269 e. The lowest BCUT2D eigenvalue weighted by atomic mass is 9.96. The summed E-state index contributed by atoms with van der Waals surface area (Å²) in [6.07, 6.45) is 2.56. The minimum Gasteiger partial charge on any atom is -0.349 e. The molecule has 1 N–H and O–H groups in total. The second kappa shape index (κ2) is 8.52. The van der Waals surface area contributed by atoms with Crippen LogP contribution in [0.1, 0.15) is 37.1 Å². The van der Waals surface area contributed by atoms with Gasteiger partial charge in [-0.05, 0) is 38.8 Å². The van der Waals surface area contributed by atoms with Gasteiger partial charge in [-0.1, -0.05) is 0 Å². The largest absolute Gasteiger partial charge is 0.349 e. The lowest BCUT2D eigenvalue weighted by molar-refractivity contribution is -0.384. The molecule has 3 rings (SSSR count). The lowest BCUT2D eigenvalue weighted by Gasteiger charge is -2.31. The highest BCUT2D eigenvalue weighted by atomic mass is 32.2. The molecule has 1 aliphatic rings.